The van der Waals surface area contributed by atoms with Crippen LogP contribution in [0.25, 0.3) is 5.82 Å². The number of hydrogen-bond donors (Lipinski definition) is 3. The van der Waals surface area contributed by atoms with Crippen molar-refractivity contribution in [2.24, 2.45) is 16.8 Å². The van der Waals surface area contributed by atoms with Crippen molar-refractivity contribution in [2.45, 2.75) is 6.18 Å². The van der Waals surface area contributed by atoms with Crippen LogP contribution in [0.2, 0.25) is 0 Å². The van der Waals surface area contributed by atoms with Crippen LogP contribution in [0.15, 0.2) is 35.7 Å². The van der Waals surface area contributed by atoms with Crippen LogP contribution in [0.5, 0.6) is 0 Å². The molecule has 0 aliphatic carbocycles. The van der Waals surface area contributed by atoms with Gasteiger partial charge in [-0.3, -0.25) is 15.1 Å². The normalized spacial score (nSPS) is 12.1. The van der Waals surface area contributed by atoms with Gasteiger partial charge in [-0.05, 0) is 18.2 Å². The Balaban J connectivity index is 2.48. The first kappa shape index (κ1) is 17.2. The summed E-state index contributed by atoms with van der Waals surface area (Å²) < 4.78 is 39.6. The third-order valence-corrected chi connectivity index (χ3v) is 2.81. The van der Waals surface area contributed by atoms with Gasteiger partial charge in [-0.2, -0.15) is 18.3 Å². The Bertz CT molecular complexity index is 754. The maximum absolute atomic E-state index is 12.9. The minimum atomic E-state index is -4.67. The quantitative estimate of drug-likeness (QED) is 0.306. The summed E-state index contributed by atoms with van der Waals surface area (Å²) in [7, 11) is 1.37. The standard InChI is InChI=1S/C12H13F3N8O/c1-22(17)11(21-16)20-10(24)7-3-4-8(12(13,14)15)19-9(7)23-6-2-5-18-23/h2-6H,16-17H2,1H3,(H,20,21,24). The summed E-state index contributed by atoms with van der Waals surface area (Å²) in [5, 5.41) is 10.3. The second-order valence-corrected chi connectivity index (χ2v) is 4.53. The van der Waals surface area contributed by atoms with Crippen LogP contribution in [0.3, 0.4) is 0 Å². The number of carbonyl (C=O) groups is 1. The Labute approximate surface area is 133 Å². The van der Waals surface area contributed by atoms with E-state index < -0.39 is 17.8 Å². The van der Waals surface area contributed by atoms with Crippen LogP contribution in [0.1, 0.15) is 16.1 Å². The fourth-order valence-corrected chi connectivity index (χ4v) is 1.73. The van der Waals surface area contributed by atoms with E-state index in [0.717, 1.165) is 15.8 Å². The number of halogens is 3. The average Bonchev–Trinajstić information content (AvgIpc) is 3.04. The predicted molar refractivity (Wildman–Crippen MR) is 77.4 cm³/mol. The number of hydrazine groups is 1. The number of aromatic nitrogens is 3. The van der Waals surface area contributed by atoms with Gasteiger partial charge in [-0.15, -0.1) is 5.10 Å². The molecule has 0 unspecified atom stereocenters. The maximum Gasteiger partial charge on any atom is 0.433 e. The lowest BCUT2D eigenvalue weighted by Crippen LogP contribution is -2.46. The van der Waals surface area contributed by atoms with Gasteiger partial charge in [0, 0.05) is 19.4 Å². The average molecular weight is 342 g/mol. The molecule has 9 nitrogen and oxygen atoms in total. The smallest absolute Gasteiger partial charge is 0.320 e. The molecule has 2 aromatic rings. The number of rotatable bonds is 2. The Morgan fingerprint density at radius 2 is 2.12 bits per heavy atom. The Kier molecular flexibility index (Phi) is 4.69. The lowest BCUT2D eigenvalue weighted by atomic mass is 10.2. The number of guanidine groups is 1. The summed E-state index contributed by atoms with van der Waals surface area (Å²) in [6.45, 7) is 0. The topological polar surface area (TPSA) is 127 Å². The molecular formula is C12H13F3N8O. The molecule has 1 amide bonds. The Morgan fingerprint density at radius 3 is 2.62 bits per heavy atom. The molecule has 0 spiro atoms. The first-order valence-corrected chi connectivity index (χ1v) is 6.40. The first-order valence-electron chi connectivity index (χ1n) is 6.40. The fraction of sp³-hybridized carbons (Fsp3) is 0.167. The van der Waals surface area contributed by atoms with Crippen molar-refractivity contribution in [3.8, 4) is 5.82 Å². The number of nitrogens with two attached hydrogens (primary N) is 2. The van der Waals surface area contributed by atoms with Crippen LogP contribution in [-0.4, -0.2) is 38.7 Å². The highest BCUT2D eigenvalue weighted by Gasteiger charge is 2.34. The molecule has 2 rings (SSSR count). The molecule has 0 saturated carbocycles. The van der Waals surface area contributed by atoms with Gasteiger partial charge in [0.05, 0.1) is 5.56 Å². The number of alkyl halides is 3. The van der Waals surface area contributed by atoms with Gasteiger partial charge < -0.3 is 5.84 Å². The molecule has 0 aromatic carbocycles. The van der Waals surface area contributed by atoms with E-state index in [1.54, 1.807) is 0 Å². The summed E-state index contributed by atoms with van der Waals surface area (Å²) in [4.78, 5) is 15.8. The molecule has 2 aromatic heterocycles. The third-order valence-electron chi connectivity index (χ3n) is 2.81. The van der Waals surface area contributed by atoms with Crippen LogP contribution < -0.4 is 17.0 Å². The molecule has 12 heteroatoms. The van der Waals surface area contributed by atoms with Crippen LogP contribution >= 0.6 is 0 Å². The number of amides is 1. The number of pyridine rings is 1. The van der Waals surface area contributed by atoms with Crippen LogP contribution in [0, 0.1) is 0 Å². The van der Waals surface area contributed by atoms with Gasteiger partial charge in [0.2, 0.25) is 5.96 Å². The summed E-state index contributed by atoms with van der Waals surface area (Å²) in [6, 6.07) is 3.14. The van der Waals surface area contributed by atoms with Crippen molar-refractivity contribution in [3.05, 3.63) is 41.9 Å². The molecule has 0 radical (unpaired) electrons. The maximum atomic E-state index is 12.9. The lowest BCUT2D eigenvalue weighted by Gasteiger charge is -2.16. The number of hydrazone groups is 1. The molecule has 0 saturated heterocycles. The number of nitrogens with zero attached hydrogens (tertiary/aromatic N) is 5. The van der Waals surface area contributed by atoms with Crippen LogP contribution in [-0.2, 0) is 6.18 Å². The summed E-state index contributed by atoms with van der Waals surface area (Å²) in [5.74, 6) is 9.20. The zero-order chi connectivity index (χ0) is 17.9. The fourth-order valence-electron chi connectivity index (χ4n) is 1.73. The highest BCUT2D eigenvalue weighted by Crippen LogP contribution is 2.29. The van der Waals surface area contributed by atoms with Gasteiger partial charge in [-0.25, -0.2) is 15.5 Å². The van der Waals surface area contributed by atoms with Gasteiger partial charge in [0.25, 0.3) is 5.91 Å². The molecular weight excluding hydrogens is 329 g/mol. The van der Waals surface area contributed by atoms with E-state index in [9.17, 15) is 18.0 Å². The third kappa shape index (κ3) is 3.60. The SMILES string of the molecule is CN(N)/C(=N\N)NC(=O)c1ccc(C(F)(F)F)nc1-n1cccn1. The molecule has 2 heterocycles. The van der Waals surface area contributed by atoms with Gasteiger partial charge >= 0.3 is 6.18 Å². The highest BCUT2D eigenvalue weighted by atomic mass is 19.4. The molecule has 0 atom stereocenters. The zero-order valence-corrected chi connectivity index (χ0v) is 12.3. The van der Waals surface area contributed by atoms with E-state index in [-0.39, 0.29) is 17.3 Å². The zero-order valence-electron chi connectivity index (χ0n) is 12.3. The van der Waals surface area contributed by atoms with Crippen LogP contribution in [0.4, 0.5) is 13.2 Å². The number of hydrogen-bond acceptors (Lipinski definition) is 6. The molecule has 0 aliphatic rings. The van der Waals surface area contributed by atoms with E-state index in [0.29, 0.717) is 6.07 Å². The number of carbonyl (C=O) groups excluding carboxylic acids is 1. The molecule has 0 bridgehead atoms. The molecule has 5 N–H and O–H groups in total. The Hall–Kier alpha value is -3.15. The van der Waals surface area contributed by atoms with Crippen molar-refractivity contribution < 1.29 is 18.0 Å². The summed E-state index contributed by atoms with van der Waals surface area (Å²) >= 11 is 0. The van der Waals surface area contributed by atoms with Crippen molar-refractivity contribution in [1.82, 2.24) is 25.1 Å². The van der Waals surface area contributed by atoms with E-state index in [4.69, 9.17) is 11.7 Å². The number of nitrogens with one attached hydrogen (secondary N) is 1. The predicted octanol–water partition coefficient (Wildman–Crippen LogP) is 0.0511. The highest BCUT2D eigenvalue weighted by molar-refractivity contribution is 6.07. The largest absolute Gasteiger partial charge is 0.433 e. The molecule has 0 aliphatic heterocycles. The van der Waals surface area contributed by atoms with Crippen molar-refractivity contribution in [1.29, 1.82) is 0 Å². The van der Waals surface area contributed by atoms with E-state index in [1.807, 2.05) is 0 Å². The monoisotopic (exact) mass is 342 g/mol. The Morgan fingerprint density at radius 1 is 1.42 bits per heavy atom. The first-order chi connectivity index (χ1) is 11.2. The summed E-state index contributed by atoms with van der Waals surface area (Å²) in [5.41, 5.74) is -1.33. The molecule has 0 fully saturated rings. The lowest BCUT2D eigenvalue weighted by molar-refractivity contribution is -0.141. The van der Waals surface area contributed by atoms with E-state index >= 15 is 0 Å². The van der Waals surface area contributed by atoms with Gasteiger partial charge in [0.15, 0.2) is 5.82 Å². The molecule has 128 valence electrons. The van der Waals surface area contributed by atoms with Crippen molar-refractivity contribution >= 4 is 11.9 Å². The summed E-state index contributed by atoms with van der Waals surface area (Å²) in [6.07, 6.45) is -1.98. The van der Waals surface area contributed by atoms with Crippen molar-refractivity contribution in [2.75, 3.05) is 7.05 Å². The molecule has 24 heavy (non-hydrogen) atoms. The van der Waals surface area contributed by atoms with E-state index in [2.05, 4.69) is 20.5 Å². The minimum absolute atomic E-state index is 0.172. The van der Waals surface area contributed by atoms with E-state index in [1.165, 1.54) is 25.5 Å². The van der Waals surface area contributed by atoms with Crippen molar-refractivity contribution in [3.63, 3.8) is 0 Å². The van der Waals surface area contributed by atoms with Gasteiger partial charge in [0.1, 0.15) is 5.69 Å². The second kappa shape index (κ2) is 6.54. The second-order valence-electron chi connectivity index (χ2n) is 4.53. The minimum Gasteiger partial charge on any atom is -0.320 e. The van der Waals surface area contributed by atoms with Gasteiger partial charge in [-0.1, -0.05) is 0 Å².